The summed E-state index contributed by atoms with van der Waals surface area (Å²) in [6, 6.07) is 6.49. The first-order valence-electron chi connectivity index (χ1n) is 5.78. The Balaban J connectivity index is 1.75. The van der Waals surface area contributed by atoms with Gasteiger partial charge in [-0.15, -0.1) is 0 Å². The van der Waals surface area contributed by atoms with Gasteiger partial charge in [0.1, 0.15) is 6.61 Å². The zero-order valence-corrected chi connectivity index (χ0v) is 9.72. The van der Waals surface area contributed by atoms with Crippen molar-refractivity contribution >= 4 is 0 Å². The zero-order chi connectivity index (χ0) is 11.4. The van der Waals surface area contributed by atoms with Crippen LogP contribution in [-0.4, -0.2) is 36.1 Å². The third-order valence-corrected chi connectivity index (χ3v) is 2.85. The first-order valence-corrected chi connectivity index (χ1v) is 5.78. The molecule has 1 aliphatic rings. The first kappa shape index (κ1) is 11.4. The number of aromatic nitrogens is 1. The molecule has 0 atom stereocenters. The van der Waals surface area contributed by atoms with Crippen LogP contribution in [0.1, 0.15) is 18.5 Å². The predicted octanol–water partition coefficient (Wildman–Crippen LogP) is 1.01. The zero-order valence-electron chi connectivity index (χ0n) is 9.72. The quantitative estimate of drug-likeness (QED) is 0.779. The highest BCUT2D eigenvalue weighted by Gasteiger charge is 2.25. The van der Waals surface area contributed by atoms with E-state index in [0.717, 1.165) is 18.3 Å². The van der Waals surface area contributed by atoms with Gasteiger partial charge in [0.05, 0.1) is 5.69 Å². The molecule has 16 heavy (non-hydrogen) atoms. The van der Waals surface area contributed by atoms with Gasteiger partial charge < -0.3 is 15.4 Å². The van der Waals surface area contributed by atoms with Crippen molar-refractivity contribution in [2.24, 2.45) is 5.73 Å². The lowest BCUT2D eigenvalue weighted by Crippen LogP contribution is -2.26. The maximum Gasteiger partial charge on any atom is 0.213 e. The van der Waals surface area contributed by atoms with Crippen molar-refractivity contribution in [3.8, 4) is 5.88 Å². The molecule has 1 aliphatic carbocycles. The number of rotatable bonds is 6. The SMILES string of the molecule is CN(CCOc1cccc(CN)n1)C1CC1. The minimum atomic E-state index is 0.458. The van der Waals surface area contributed by atoms with E-state index < -0.39 is 0 Å². The number of hydrogen-bond donors (Lipinski definition) is 1. The fourth-order valence-electron chi connectivity index (χ4n) is 1.64. The largest absolute Gasteiger partial charge is 0.476 e. The van der Waals surface area contributed by atoms with Crippen molar-refractivity contribution in [3.05, 3.63) is 23.9 Å². The lowest BCUT2D eigenvalue weighted by Gasteiger charge is -2.15. The molecule has 1 heterocycles. The second-order valence-electron chi connectivity index (χ2n) is 4.23. The van der Waals surface area contributed by atoms with Crippen LogP contribution in [0.2, 0.25) is 0 Å². The van der Waals surface area contributed by atoms with Gasteiger partial charge in [-0.25, -0.2) is 4.98 Å². The Morgan fingerprint density at radius 1 is 1.50 bits per heavy atom. The van der Waals surface area contributed by atoms with Crippen LogP contribution in [0.25, 0.3) is 0 Å². The molecule has 2 N–H and O–H groups in total. The third kappa shape index (κ3) is 3.18. The molecule has 1 aromatic heterocycles. The van der Waals surface area contributed by atoms with E-state index in [9.17, 15) is 0 Å². The van der Waals surface area contributed by atoms with Crippen LogP contribution in [-0.2, 0) is 6.54 Å². The summed E-state index contributed by atoms with van der Waals surface area (Å²) >= 11 is 0. The Morgan fingerprint density at radius 3 is 3.00 bits per heavy atom. The van der Waals surface area contributed by atoms with E-state index in [-0.39, 0.29) is 0 Å². The molecule has 0 saturated heterocycles. The molecular formula is C12H19N3O. The Bertz CT molecular complexity index is 339. The van der Waals surface area contributed by atoms with E-state index >= 15 is 0 Å². The highest BCUT2D eigenvalue weighted by Crippen LogP contribution is 2.24. The van der Waals surface area contributed by atoms with Crippen molar-refractivity contribution < 1.29 is 4.74 Å². The summed E-state index contributed by atoms with van der Waals surface area (Å²) in [7, 11) is 2.14. The maximum atomic E-state index is 5.59. The first-order chi connectivity index (χ1) is 7.79. The Morgan fingerprint density at radius 2 is 2.31 bits per heavy atom. The molecule has 0 aromatic carbocycles. The summed E-state index contributed by atoms with van der Waals surface area (Å²) in [6.07, 6.45) is 2.66. The van der Waals surface area contributed by atoms with E-state index in [1.807, 2.05) is 18.2 Å². The number of pyridine rings is 1. The number of nitrogens with two attached hydrogens (primary N) is 1. The van der Waals surface area contributed by atoms with Gasteiger partial charge in [0.15, 0.2) is 0 Å². The van der Waals surface area contributed by atoms with Crippen molar-refractivity contribution in [2.75, 3.05) is 20.2 Å². The highest BCUT2D eigenvalue weighted by atomic mass is 16.5. The summed E-state index contributed by atoms with van der Waals surface area (Å²) in [5.41, 5.74) is 6.39. The summed E-state index contributed by atoms with van der Waals surface area (Å²) in [5, 5.41) is 0. The molecule has 4 heteroatoms. The number of hydrogen-bond acceptors (Lipinski definition) is 4. The van der Waals surface area contributed by atoms with Crippen LogP contribution in [0.4, 0.5) is 0 Å². The number of ether oxygens (including phenoxy) is 1. The van der Waals surface area contributed by atoms with E-state index in [1.165, 1.54) is 12.8 Å². The third-order valence-electron chi connectivity index (χ3n) is 2.85. The predicted molar refractivity (Wildman–Crippen MR) is 63.3 cm³/mol. The lowest BCUT2D eigenvalue weighted by molar-refractivity contribution is 0.226. The Hall–Kier alpha value is -1.13. The van der Waals surface area contributed by atoms with Crippen LogP contribution < -0.4 is 10.5 Å². The van der Waals surface area contributed by atoms with Gasteiger partial charge in [-0.3, -0.25) is 0 Å². The number of likely N-dealkylation sites (N-methyl/N-ethyl adjacent to an activating group) is 1. The van der Waals surface area contributed by atoms with Gasteiger partial charge in [0, 0.05) is 25.2 Å². The molecule has 4 nitrogen and oxygen atoms in total. The molecule has 0 bridgehead atoms. The van der Waals surface area contributed by atoms with Gasteiger partial charge in [-0.1, -0.05) is 6.07 Å². The fourth-order valence-corrected chi connectivity index (χ4v) is 1.64. The van der Waals surface area contributed by atoms with E-state index in [0.29, 0.717) is 19.0 Å². The smallest absolute Gasteiger partial charge is 0.213 e. The normalized spacial score (nSPS) is 15.4. The maximum absolute atomic E-state index is 5.59. The molecular weight excluding hydrogens is 202 g/mol. The topological polar surface area (TPSA) is 51.4 Å². The van der Waals surface area contributed by atoms with Crippen LogP contribution in [0, 0.1) is 0 Å². The van der Waals surface area contributed by atoms with E-state index in [2.05, 4.69) is 16.9 Å². The number of nitrogens with zero attached hydrogens (tertiary/aromatic N) is 2. The monoisotopic (exact) mass is 221 g/mol. The van der Waals surface area contributed by atoms with Crippen molar-refractivity contribution in [1.29, 1.82) is 0 Å². The minimum Gasteiger partial charge on any atom is -0.476 e. The second-order valence-corrected chi connectivity index (χ2v) is 4.23. The summed E-state index contributed by atoms with van der Waals surface area (Å²) in [6.45, 7) is 2.10. The summed E-state index contributed by atoms with van der Waals surface area (Å²) in [5.74, 6) is 0.673. The van der Waals surface area contributed by atoms with Crippen LogP contribution in [0.5, 0.6) is 5.88 Å². The van der Waals surface area contributed by atoms with Crippen LogP contribution in [0.15, 0.2) is 18.2 Å². The molecule has 1 saturated carbocycles. The van der Waals surface area contributed by atoms with E-state index in [1.54, 1.807) is 0 Å². The molecule has 0 aliphatic heterocycles. The van der Waals surface area contributed by atoms with Gasteiger partial charge in [0.2, 0.25) is 5.88 Å². The van der Waals surface area contributed by atoms with Crippen LogP contribution in [0.3, 0.4) is 0 Å². The minimum absolute atomic E-state index is 0.458. The molecule has 0 spiro atoms. The Kier molecular flexibility index (Phi) is 3.74. The molecule has 1 aromatic rings. The summed E-state index contributed by atoms with van der Waals surface area (Å²) in [4.78, 5) is 6.62. The van der Waals surface area contributed by atoms with E-state index in [4.69, 9.17) is 10.5 Å². The molecule has 0 amide bonds. The fraction of sp³-hybridized carbons (Fsp3) is 0.583. The van der Waals surface area contributed by atoms with Crippen LogP contribution >= 0.6 is 0 Å². The van der Waals surface area contributed by atoms with Gasteiger partial charge >= 0.3 is 0 Å². The van der Waals surface area contributed by atoms with Crippen molar-refractivity contribution in [1.82, 2.24) is 9.88 Å². The Labute approximate surface area is 96.4 Å². The molecule has 0 unspecified atom stereocenters. The summed E-state index contributed by atoms with van der Waals surface area (Å²) < 4.78 is 5.59. The lowest BCUT2D eigenvalue weighted by atomic mass is 10.3. The van der Waals surface area contributed by atoms with Gasteiger partial charge in [-0.2, -0.15) is 0 Å². The average molecular weight is 221 g/mol. The molecule has 0 radical (unpaired) electrons. The molecule has 1 fully saturated rings. The van der Waals surface area contributed by atoms with Crippen molar-refractivity contribution in [3.63, 3.8) is 0 Å². The van der Waals surface area contributed by atoms with Gasteiger partial charge in [0.25, 0.3) is 0 Å². The second kappa shape index (κ2) is 5.27. The van der Waals surface area contributed by atoms with Gasteiger partial charge in [-0.05, 0) is 26.0 Å². The molecule has 2 rings (SSSR count). The average Bonchev–Trinajstić information content (AvgIpc) is 3.13. The van der Waals surface area contributed by atoms with Crippen molar-refractivity contribution in [2.45, 2.75) is 25.4 Å². The highest BCUT2D eigenvalue weighted by molar-refractivity contribution is 5.15. The standard InChI is InChI=1S/C12H19N3O/c1-15(11-5-6-11)7-8-16-12-4-2-3-10(9-13)14-12/h2-4,11H,5-9,13H2,1H3. The molecule has 88 valence electrons.